The average Bonchev–Trinajstić information content (AvgIpc) is 0.838. The highest BCUT2D eigenvalue weighted by molar-refractivity contribution is 5.60. The molecule has 89 heavy (non-hydrogen) atoms. The van der Waals surface area contributed by atoms with Crippen LogP contribution in [0.5, 0.6) is 0 Å². The van der Waals surface area contributed by atoms with Crippen LogP contribution >= 0.6 is 0 Å². The van der Waals surface area contributed by atoms with E-state index in [1.165, 1.54) is 87.3 Å². The highest BCUT2D eigenvalue weighted by Crippen LogP contribution is 2.48. The lowest BCUT2D eigenvalue weighted by Crippen LogP contribution is -2.33. The summed E-state index contributed by atoms with van der Waals surface area (Å²) in [5.41, 5.74) is 5.83. The quantitative estimate of drug-likeness (QED) is 0.0358. The van der Waals surface area contributed by atoms with Gasteiger partial charge in [-0.15, -0.1) is 0 Å². The van der Waals surface area contributed by atoms with Gasteiger partial charge in [0, 0.05) is 66.6 Å². The summed E-state index contributed by atoms with van der Waals surface area (Å²) in [6.07, 6.45) is 29.2. The lowest BCUT2D eigenvalue weighted by atomic mass is 9.62. The van der Waals surface area contributed by atoms with E-state index >= 15 is 0 Å². The first-order chi connectivity index (χ1) is 41.8. The van der Waals surface area contributed by atoms with Gasteiger partial charge in [-0.2, -0.15) is 0 Å². The van der Waals surface area contributed by atoms with Gasteiger partial charge in [0.15, 0.2) is 0 Å². The van der Waals surface area contributed by atoms with Gasteiger partial charge in [0.2, 0.25) is 0 Å². The molecular formula is C76H148O13. The first-order valence-corrected chi connectivity index (χ1v) is 35.6. The zero-order chi connectivity index (χ0) is 68.2. The maximum absolute atomic E-state index is 11.3. The third kappa shape index (κ3) is 55.6. The van der Waals surface area contributed by atoms with Crippen LogP contribution in [0.2, 0.25) is 0 Å². The number of benzene rings is 1. The van der Waals surface area contributed by atoms with Crippen molar-refractivity contribution in [1.29, 1.82) is 0 Å². The largest absolute Gasteiger partial charge is 0.508 e. The standard InChI is InChI=1S/C39H72O.C18H36O6.C14H28O4.C5H12O2/c1-17-18-20-34(5,6)26-36(9,10)28-38(13,14)31-23-30(33(2,3)4)24-32(25-31)39(15,16)29-37(11,12)27-35(7,8)21-19-22-40;1-2-3-5-12-21-14-7-9-16-23-18(20)24-17-10-8-15-22-13-6-4-11-19;1-2-3-4-6-9-12-17-14(16)18-13-10-7-5-8-11-15;1-7-5-3-2-4-6/h23-25,40H,17-22,26-29H2,1-16H3;19H,2-17H2,1H3;15H,2-13H2,1H3;6H,2-5H2,1H3. The van der Waals surface area contributed by atoms with Gasteiger partial charge < -0.3 is 53.6 Å². The molecule has 13 heteroatoms. The van der Waals surface area contributed by atoms with Crippen molar-refractivity contribution in [3.8, 4) is 0 Å². The Hall–Kier alpha value is -2.52. The van der Waals surface area contributed by atoms with Crippen LogP contribution in [0.3, 0.4) is 0 Å². The Bertz CT molecular complexity index is 1670. The van der Waals surface area contributed by atoms with Crippen molar-refractivity contribution in [2.24, 2.45) is 21.7 Å². The van der Waals surface area contributed by atoms with Gasteiger partial charge in [-0.3, -0.25) is 0 Å². The molecule has 0 aliphatic heterocycles. The van der Waals surface area contributed by atoms with Crippen molar-refractivity contribution in [3.05, 3.63) is 34.9 Å². The van der Waals surface area contributed by atoms with Crippen LogP contribution in [-0.2, 0) is 49.4 Å². The first kappa shape index (κ1) is 90.7. The van der Waals surface area contributed by atoms with E-state index in [-0.39, 0.29) is 52.3 Å². The van der Waals surface area contributed by atoms with Gasteiger partial charge in [-0.1, -0.05) is 201 Å². The Morgan fingerprint density at radius 3 is 0.966 bits per heavy atom. The van der Waals surface area contributed by atoms with Gasteiger partial charge in [-0.05, 0) is 183 Å². The molecule has 1 aromatic carbocycles. The van der Waals surface area contributed by atoms with E-state index in [0.29, 0.717) is 51.7 Å². The molecule has 0 atom stereocenters. The molecule has 4 N–H and O–H groups in total. The van der Waals surface area contributed by atoms with Gasteiger partial charge in [0.25, 0.3) is 0 Å². The summed E-state index contributed by atoms with van der Waals surface area (Å²) in [4.78, 5) is 22.5. The fraction of sp³-hybridized carbons (Fsp3) is 0.895. The van der Waals surface area contributed by atoms with Gasteiger partial charge in [-0.25, -0.2) is 9.59 Å². The van der Waals surface area contributed by atoms with E-state index in [2.05, 4.69) is 143 Å². The number of hydrogen-bond donors (Lipinski definition) is 4. The Morgan fingerprint density at radius 2 is 0.607 bits per heavy atom. The van der Waals surface area contributed by atoms with Crippen LogP contribution in [0.25, 0.3) is 0 Å². The summed E-state index contributed by atoms with van der Waals surface area (Å²) in [7, 11) is 1.66. The third-order valence-corrected chi connectivity index (χ3v) is 16.2. The highest BCUT2D eigenvalue weighted by Gasteiger charge is 2.38. The van der Waals surface area contributed by atoms with Gasteiger partial charge in [0.05, 0.1) is 26.4 Å². The SMILES string of the molecule is CCCCC(C)(C)CC(C)(C)CC(C)(C)c1cc(C(C)(C)C)cc(C(C)(C)CC(C)(C)CC(C)(C)CCCO)c1.CCCCCCCOC(=O)OCCCCCCO.CCCCCOCCCCOC(=O)OCCCCOCCCCO.COCCCCO. The summed E-state index contributed by atoms with van der Waals surface area (Å²) in [6.45, 7) is 49.6. The number of unbranched alkanes of at least 4 members (excludes halogenated alkanes) is 14. The van der Waals surface area contributed by atoms with Crippen LogP contribution in [0, 0.1) is 21.7 Å². The third-order valence-electron chi connectivity index (χ3n) is 16.2. The summed E-state index contributed by atoms with van der Waals surface area (Å²) >= 11 is 0. The van der Waals surface area contributed by atoms with Crippen LogP contribution in [0.15, 0.2) is 18.2 Å². The van der Waals surface area contributed by atoms with E-state index in [4.69, 9.17) is 48.5 Å². The van der Waals surface area contributed by atoms with Crippen LogP contribution in [-0.4, -0.2) is 126 Å². The summed E-state index contributed by atoms with van der Waals surface area (Å²) in [5, 5.41) is 34.8. The zero-order valence-electron chi connectivity index (χ0n) is 61.9. The molecule has 0 unspecified atom stereocenters. The van der Waals surface area contributed by atoms with E-state index in [9.17, 15) is 14.7 Å². The Balaban J connectivity index is -0.00000128. The summed E-state index contributed by atoms with van der Waals surface area (Å²) in [5.74, 6) is 0. The fourth-order valence-electron chi connectivity index (χ4n) is 12.5. The van der Waals surface area contributed by atoms with E-state index < -0.39 is 12.3 Å². The lowest BCUT2D eigenvalue weighted by Gasteiger charge is -2.42. The second kappa shape index (κ2) is 53.8. The molecule has 13 nitrogen and oxygen atoms in total. The molecule has 0 saturated carbocycles. The predicted octanol–water partition coefficient (Wildman–Crippen LogP) is 19.9. The molecule has 0 spiro atoms. The maximum Gasteiger partial charge on any atom is 0.508 e. The van der Waals surface area contributed by atoms with Crippen LogP contribution < -0.4 is 0 Å². The normalized spacial score (nSPS) is 12.3. The van der Waals surface area contributed by atoms with Gasteiger partial charge >= 0.3 is 12.3 Å². The first-order valence-electron chi connectivity index (χ1n) is 35.6. The molecule has 0 fully saturated rings. The van der Waals surface area contributed by atoms with Crippen molar-refractivity contribution >= 4 is 12.3 Å². The minimum absolute atomic E-state index is 0.0698. The predicted molar refractivity (Wildman–Crippen MR) is 374 cm³/mol. The number of aliphatic hydroxyl groups is 4. The van der Waals surface area contributed by atoms with Crippen molar-refractivity contribution in [3.63, 3.8) is 0 Å². The molecule has 0 saturated heterocycles. The minimum Gasteiger partial charge on any atom is -0.434 e. The molecule has 0 heterocycles. The van der Waals surface area contributed by atoms with E-state index in [1.807, 2.05) is 0 Å². The molecule has 0 bridgehead atoms. The molecule has 530 valence electrons. The Labute approximate surface area is 549 Å². The van der Waals surface area contributed by atoms with Crippen LogP contribution in [0.1, 0.15) is 328 Å². The second-order valence-corrected chi connectivity index (χ2v) is 30.8. The van der Waals surface area contributed by atoms with Crippen LogP contribution in [0.4, 0.5) is 9.59 Å². The Morgan fingerprint density at radius 1 is 0.326 bits per heavy atom. The van der Waals surface area contributed by atoms with Gasteiger partial charge in [0.1, 0.15) is 0 Å². The highest BCUT2D eigenvalue weighted by atomic mass is 16.7. The molecule has 0 amide bonds. The average molecular weight is 1270 g/mol. The topological polar surface area (TPSA) is 180 Å². The smallest absolute Gasteiger partial charge is 0.434 e. The molecule has 0 radical (unpaired) electrons. The van der Waals surface area contributed by atoms with Crippen molar-refractivity contribution in [2.75, 3.05) is 93.0 Å². The Kier molecular flexibility index (Phi) is 54.8. The number of aliphatic hydroxyl groups excluding tert-OH is 4. The number of carbonyl (C=O) groups excluding carboxylic acids is 2. The fourth-order valence-corrected chi connectivity index (χ4v) is 12.5. The number of carbonyl (C=O) groups is 2. The number of rotatable bonds is 50. The molecule has 1 aromatic rings. The molecule has 0 aliphatic rings. The lowest BCUT2D eigenvalue weighted by molar-refractivity contribution is 0.0474. The number of ether oxygens (including phenoxy) is 7. The zero-order valence-corrected chi connectivity index (χ0v) is 61.9. The molecular weight excluding hydrogens is 1120 g/mol. The molecule has 0 aromatic heterocycles. The molecule has 0 aliphatic carbocycles. The minimum atomic E-state index is -0.595. The summed E-state index contributed by atoms with van der Waals surface area (Å²) < 4.78 is 35.4. The monoisotopic (exact) mass is 1270 g/mol. The molecule has 1 rings (SSSR count). The van der Waals surface area contributed by atoms with Crippen molar-refractivity contribution in [1.82, 2.24) is 0 Å². The number of methoxy groups -OCH3 is 1. The van der Waals surface area contributed by atoms with E-state index in [0.717, 1.165) is 135 Å². The second-order valence-electron chi connectivity index (χ2n) is 30.8. The summed E-state index contributed by atoms with van der Waals surface area (Å²) in [6, 6.07) is 7.62. The maximum atomic E-state index is 11.3. The van der Waals surface area contributed by atoms with Crippen molar-refractivity contribution in [2.45, 2.75) is 327 Å². The number of hydrogen-bond acceptors (Lipinski definition) is 13. The van der Waals surface area contributed by atoms with E-state index in [1.54, 1.807) is 7.11 Å². The van der Waals surface area contributed by atoms with Crippen molar-refractivity contribution < 1.29 is 63.2 Å².